The first-order valence-corrected chi connectivity index (χ1v) is 20.2. The maximum atomic E-state index is 4.65. The van der Waals surface area contributed by atoms with Gasteiger partial charge in [-0.05, 0) is 55.7 Å². The van der Waals surface area contributed by atoms with Crippen molar-refractivity contribution in [3.8, 4) is 33.6 Å². The summed E-state index contributed by atoms with van der Waals surface area (Å²) in [5, 5.41) is 3.98. The Bertz CT molecular complexity index is 2070. The number of rotatable bonds is 5. The fourth-order valence-electron chi connectivity index (χ4n) is 5.63. The van der Waals surface area contributed by atoms with Crippen LogP contribution in [-0.2, 0) is 26.5 Å². The van der Waals surface area contributed by atoms with Crippen molar-refractivity contribution in [1.82, 2.24) is 9.97 Å². The minimum Gasteiger partial charge on any atom is -0.305 e. The average molecular weight is 825 g/mol. The van der Waals surface area contributed by atoms with E-state index in [2.05, 4.69) is 147 Å². The minimum absolute atomic E-state index is 0. The van der Waals surface area contributed by atoms with E-state index in [0.29, 0.717) is 0 Å². The second-order valence-corrected chi connectivity index (χ2v) is 20.1. The summed E-state index contributed by atoms with van der Waals surface area (Å²) in [5.74, 6) is 0. The van der Waals surface area contributed by atoms with Crippen LogP contribution in [0.15, 0.2) is 122 Å². The maximum Gasteiger partial charge on any atom is 0.0795 e. The molecule has 47 heavy (non-hydrogen) atoms. The van der Waals surface area contributed by atoms with Gasteiger partial charge in [0, 0.05) is 37.2 Å². The molecule has 0 atom stereocenters. The Kier molecular flexibility index (Phi) is 10.7. The molecule has 0 bridgehead atoms. The molecule has 0 saturated heterocycles. The largest absolute Gasteiger partial charge is 0.305 e. The number of aromatic nitrogens is 2. The zero-order valence-electron chi connectivity index (χ0n) is 27.9. The fourth-order valence-corrected chi connectivity index (χ4v) is 7.86. The van der Waals surface area contributed by atoms with E-state index in [9.17, 15) is 0 Å². The second kappa shape index (κ2) is 14.6. The predicted octanol–water partition coefficient (Wildman–Crippen LogP) is 11.3. The molecule has 5 heteroatoms. The van der Waals surface area contributed by atoms with Gasteiger partial charge in [-0.15, -0.1) is 59.7 Å². The van der Waals surface area contributed by atoms with E-state index in [-0.39, 0.29) is 25.5 Å². The molecular formula is C42H40IrN2SSi-2. The molecule has 0 unspecified atom stereocenters. The van der Waals surface area contributed by atoms with Gasteiger partial charge in [-0.2, -0.15) is 11.3 Å². The summed E-state index contributed by atoms with van der Waals surface area (Å²) >= 11 is 1.85. The van der Waals surface area contributed by atoms with Crippen molar-refractivity contribution < 1.29 is 20.1 Å². The van der Waals surface area contributed by atoms with Gasteiger partial charge < -0.3 is 9.97 Å². The topological polar surface area (TPSA) is 25.8 Å². The average Bonchev–Trinajstić information content (AvgIpc) is 3.43. The Morgan fingerprint density at radius 3 is 2.19 bits per heavy atom. The quantitative estimate of drug-likeness (QED) is 0.128. The Labute approximate surface area is 298 Å². The molecule has 0 aliphatic heterocycles. The number of benzene rings is 4. The van der Waals surface area contributed by atoms with Gasteiger partial charge in [0.1, 0.15) is 0 Å². The molecular weight excluding hydrogens is 785 g/mol. The van der Waals surface area contributed by atoms with Gasteiger partial charge in [-0.25, -0.2) is 0 Å². The first-order valence-electron chi connectivity index (χ1n) is 15.9. The van der Waals surface area contributed by atoms with E-state index in [1.54, 1.807) is 0 Å². The first kappa shape index (κ1) is 34.6. The van der Waals surface area contributed by atoms with Crippen LogP contribution in [0, 0.1) is 17.5 Å². The van der Waals surface area contributed by atoms with E-state index in [0.717, 1.165) is 28.9 Å². The molecule has 7 aromatic rings. The molecule has 0 aliphatic rings. The molecule has 0 fully saturated rings. The minimum atomic E-state index is -1.23. The van der Waals surface area contributed by atoms with Crippen LogP contribution in [0.25, 0.3) is 53.8 Å². The summed E-state index contributed by atoms with van der Waals surface area (Å²) in [4.78, 5) is 9.17. The third-order valence-electron chi connectivity index (χ3n) is 7.96. The first-order chi connectivity index (χ1) is 22.0. The molecule has 0 amide bonds. The molecule has 1 radical (unpaired) electrons. The fraction of sp³-hybridized carbons (Fsp3) is 0.190. The van der Waals surface area contributed by atoms with E-state index < -0.39 is 8.07 Å². The van der Waals surface area contributed by atoms with Crippen molar-refractivity contribution in [3.05, 3.63) is 139 Å². The molecule has 0 saturated carbocycles. The van der Waals surface area contributed by atoms with Crippen molar-refractivity contribution in [2.24, 2.45) is 5.41 Å². The molecule has 0 spiro atoms. The zero-order valence-corrected chi connectivity index (χ0v) is 32.1. The van der Waals surface area contributed by atoms with Crippen molar-refractivity contribution in [2.75, 3.05) is 0 Å². The molecule has 0 N–H and O–H groups in total. The van der Waals surface area contributed by atoms with E-state index >= 15 is 0 Å². The number of nitrogens with zero attached hydrogens (tertiary/aromatic N) is 2. The number of fused-ring (bicyclic) bond motifs is 3. The summed E-state index contributed by atoms with van der Waals surface area (Å²) in [5.41, 5.74) is 8.25. The van der Waals surface area contributed by atoms with Gasteiger partial charge in [-0.1, -0.05) is 118 Å². The van der Waals surface area contributed by atoms with Crippen molar-refractivity contribution in [3.63, 3.8) is 0 Å². The zero-order chi connectivity index (χ0) is 32.3. The predicted molar refractivity (Wildman–Crippen MR) is 201 cm³/mol. The van der Waals surface area contributed by atoms with Crippen LogP contribution in [0.3, 0.4) is 0 Å². The number of hydrogen-bond donors (Lipinski definition) is 0. The Morgan fingerprint density at radius 1 is 0.723 bits per heavy atom. The van der Waals surface area contributed by atoms with Crippen LogP contribution in [0.2, 0.25) is 19.6 Å². The summed E-state index contributed by atoms with van der Waals surface area (Å²) in [6.45, 7) is 13.8. The van der Waals surface area contributed by atoms with Crippen LogP contribution in [0.1, 0.15) is 26.3 Å². The third kappa shape index (κ3) is 8.41. The van der Waals surface area contributed by atoms with Gasteiger partial charge in [0.05, 0.1) is 8.07 Å². The molecule has 3 heterocycles. The Balaban J connectivity index is 0.000000217. The van der Waals surface area contributed by atoms with E-state index in [1.807, 2.05) is 48.0 Å². The van der Waals surface area contributed by atoms with Crippen LogP contribution < -0.4 is 5.19 Å². The third-order valence-corrected chi connectivity index (χ3v) is 11.2. The van der Waals surface area contributed by atoms with E-state index in [4.69, 9.17) is 0 Å². The van der Waals surface area contributed by atoms with Crippen molar-refractivity contribution in [1.29, 1.82) is 0 Å². The summed E-state index contributed by atoms with van der Waals surface area (Å²) < 4.78 is 2.60. The van der Waals surface area contributed by atoms with Gasteiger partial charge in [0.15, 0.2) is 0 Å². The normalized spacial score (nSPS) is 11.5. The van der Waals surface area contributed by atoms with Crippen molar-refractivity contribution >= 4 is 44.8 Å². The summed E-state index contributed by atoms with van der Waals surface area (Å²) in [6, 6.07) is 44.9. The van der Waals surface area contributed by atoms with Crippen LogP contribution in [0.4, 0.5) is 0 Å². The monoisotopic (exact) mass is 825 g/mol. The molecule has 4 aromatic carbocycles. The maximum absolute atomic E-state index is 4.65. The van der Waals surface area contributed by atoms with Gasteiger partial charge in [0.25, 0.3) is 0 Å². The standard InChI is InChI=1S/C28H24NS.C14H16NSi.Ir/c1-28(2,3)18-19-14-15-29-25(16-19)21-12-13-26-24(17-21)23-11-7-10-22(27(23)30-26)20-8-5-4-6-9-20;1-16(2,3)13-9-10-14(15-11-13)12-7-5-4-6-8-12;/h4-11,13-17H,18H2,1-3H3;4-7,9-11H,1-3H3;/q2*-1;. The van der Waals surface area contributed by atoms with Crippen LogP contribution in [-0.4, -0.2) is 18.0 Å². The van der Waals surface area contributed by atoms with Crippen LogP contribution >= 0.6 is 11.3 Å². The molecule has 2 nitrogen and oxygen atoms in total. The Morgan fingerprint density at radius 2 is 1.51 bits per heavy atom. The Hall–Kier alpha value is -3.73. The molecule has 0 aliphatic carbocycles. The van der Waals surface area contributed by atoms with Crippen LogP contribution in [0.5, 0.6) is 0 Å². The van der Waals surface area contributed by atoms with Gasteiger partial charge in [-0.3, -0.25) is 0 Å². The summed E-state index contributed by atoms with van der Waals surface area (Å²) in [6.07, 6.45) is 4.97. The smallest absolute Gasteiger partial charge is 0.0795 e. The van der Waals surface area contributed by atoms with Gasteiger partial charge >= 0.3 is 0 Å². The number of hydrogen-bond acceptors (Lipinski definition) is 3. The second-order valence-electron chi connectivity index (χ2n) is 14.0. The van der Waals surface area contributed by atoms with Crippen molar-refractivity contribution in [2.45, 2.75) is 46.8 Å². The SMILES string of the molecule is CC(C)(C)Cc1ccnc(-c2[c-]cc3sc4c(-c5ccccc5)cccc4c3c2)c1.C[Si](C)(C)c1ccc(-c2[c-]cccc2)nc1.[Ir]. The molecule has 239 valence electrons. The van der Waals surface area contributed by atoms with Gasteiger partial charge in [0.2, 0.25) is 0 Å². The molecule has 7 rings (SSSR count). The van der Waals surface area contributed by atoms with E-state index in [1.165, 1.54) is 42.0 Å². The molecule has 3 aromatic heterocycles. The summed E-state index contributed by atoms with van der Waals surface area (Å²) in [7, 11) is -1.23. The number of thiophene rings is 1. The number of pyridine rings is 2.